The van der Waals surface area contributed by atoms with E-state index in [0.717, 1.165) is 9.79 Å². The van der Waals surface area contributed by atoms with E-state index in [1.54, 1.807) is 54.7 Å². The Bertz CT molecular complexity index is 1830. The number of ether oxygens (including phenoxy) is 5. The Morgan fingerprint density at radius 3 is 1.60 bits per heavy atom. The monoisotopic (exact) mass is 720 g/mol. The molecule has 0 bridgehead atoms. The summed E-state index contributed by atoms with van der Waals surface area (Å²) in [5, 5.41) is 24.1. The van der Waals surface area contributed by atoms with Crippen LogP contribution >= 0.6 is 23.5 Å². The number of hydrogen-bond donors (Lipinski definition) is 0. The molecule has 12 nitrogen and oxygen atoms in total. The van der Waals surface area contributed by atoms with Gasteiger partial charge in [0.05, 0.1) is 9.85 Å². The first kappa shape index (κ1) is 37.6. The number of hydrogen-bond acceptors (Lipinski definition) is 12. The third-order valence-corrected chi connectivity index (χ3v) is 8.62. The van der Waals surface area contributed by atoms with Gasteiger partial charge in [-0.2, -0.15) is 0 Å². The molecule has 4 aromatic carbocycles. The third kappa shape index (κ3) is 10.4. The van der Waals surface area contributed by atoms with Crippen LogP contribution in [-0.4, -0.2) is 60.4 Å². The fraction of sp³-hybridized carbons (Fsp3) is 0.250. The molecule has 0 spiro atoms. The molecule has 1 unspecified atom stereocenters. The van der Waals surface area contributed by atoms with E-state index in [1.165, 1.54) is 31.2 Å². The number of thioether (sulfide) groups is 2. The number of carbonyl (C=O) groups is 1. The van der Waals surface area contributed by atoms with E-state index in [0.29, 0.717) is 22.6 Å². The molecule has 0 aliphatic heterocycles. The molecule has 0 saturated heterocycles. The summed E-state index contributed by atoms with van der Waals surface area (Å²) in [6.07, 6.45) is 3.93. The molecule has 4 aromatic rings. The Hall–Kier alpha value is -5.21. The number of esters is 1. The lowest BCUT2D eigenvalue weighted by Gasteiger charge is -2.29. The average molecular weight is 721 g/mol. The minimum absolute atomic E-state index is 0.0283. The van der Waals surface area contributed by atoms with Crippen LogP contribution in [0.4, 0.5) is 11.4 Å². The van der Waals surface area contributed by atoms with Gasteiger partial charge in [-0.05, 0) is 98.1 Å². The second kappa shape index (κ2) is 17.4. The van der Waals surface area contributed by atoms with Crippen molar-refractivity contribution >= 4 is 40.9 Å². The molecule has 0 aliphatic carbocycles. The van der Waals surface area contributed by atoms with Gasteiger partial charge in [-0.25, -0.2) is 4.79 Å². The summed E-state index contributed by atoms with van der Waals surface area (Å²) in [5.41, 5.74) is -1.22. The van der Waals surface area contributed by atoms with E-state index in [4.69, 9.17) is 23.7 Å². The van der Waals surface area contributed by atoms with E-state index in [1.807, 2.05) is 48.9 Å². The quantitative estimate of drug-likeness (QED) is 0.0242. The van der Waals surface area contributed by atoms with Crippen LogP contribution in [0.5, 0.6) is 23.0 Å². The molecule has 262 valence electrons. The van der Waals surface area contributed by atoms with Crippen molar-refractivity contribution in [1.82, 2.24) is 0 Å². The minimum Gasteiger partial charge on any atom is -0.490 e. The van der Waals surface area contributed by atoms with Crippen LogP contribution in [0.2, 0.25) is 0 Å². The lowest BCUT2D eigenvalue weighted by atomic mass is 10.0. The number of carbonyl (C=O) groups excluding carboxylic acids is 1. The first-order valence-electron chi connectivity index (χ1n) is 15.2. The average Bonchev–Trinajstić information content (AvgIpc) is 3.12. The van der Waals surface area contributed by atoms with Gasteiger partial charge in [0.15, 0.2) is 17.1 Å². The maximum absolute atomic E-state index is 12.5. The Morgan fingerprint density at radius 1 is 0.700 bits per heavy atom. The van der Waals surface area contributed by atoms with Crippen LogP contribution in [0.15, 0.2) is 107 Å². The first-order chi connectivity index (χ1) is 23.9. The highest BCUT2D eigenvalue weighted by molar-refractivity contribution is 7.98. The zero-order valence-electron chi connectivity index (χ0n) is 27.9. The molecule has 0 heterocycles. The molecule has 4 rings (SSSR count). The van der Waals surface area contributed by atoms with Gasteiger partial charge in [-0.3, -0.25) is 20.2 Å². The topological polar surface area (TPSA) is 150 Å². The van der Waals surface area contributed by atoms with Gasteiger partial charge in [0, 0.05) is 27.5 Å². The van der Waals surface area contributed by atoms with Gasteiger partial charge in [-0.1, -0.05) is 18.7 Å². The third-order valence-electron chi connectivity index (χ3n) is 7.14. The van der Waals surface area contributed by atoms with E-state index < -0.39 is 27.1 Å². The van der Waals surface area contributed by atoms with E-state index in [2.05, 4.69) is 6.58 Å². The van der Waals surface area contributed by atoms with E-state index in [9.17, 15) is 25.0 Å². The van der Waals surface area contributed by atoms with Gasteiger partial charge >= 0.3 is 17.3 Å². The summed E-state index contributed by atoms with van der Waals surface area (Å²) in [6, 6.07) is 23.3. The van der Waals surface area contributed by atoms with Crippen LogP contribution in [-0.2, 0) is 9.53 Å². The van der Waals surface area contributed by atoms with Gasteiger partial charge in [0.2, 0.25) is 0 Å². The Labute approximate surface area is 298 Å². The maximum Gasteiger partial charge on any atom is 0.333 e. The van der Waals surface area contributed by atoms with Crippen molar-refractivity contribution in [2.75, 3.05) is 38.9 Å². The van der Waals surface area contributed by atoms with Crippen molar-refractivity contribution in [2.24, 2.45) is 0 Å². The molecule has 0 amide bonds. The molecule has 0 aromatic heterocycles. The zero-order valence-corrected chi connectivity index (χ0v) is 29.5. The van der Waals surface area contributed by atoms with Gasteiger partial charge in [0.25, 0.3) is 0 Å². The molecule has 50 heavy (non-hydrogen) atoms. The number of nitro benzene ring substituents is 2. The Kier molecular flexibility index (Phi) is 13.1. The van der Waals surface area contributed by atoms with Crippen LogP contribution < -0.4 is 18.9 Å². The predicted octanol–water partition coefficient (Wildman–Crippen LogP) is 8.41. The molecule has 0 saturated carbocycles. The number of rotatable bonds is 18. The van der Waals surface area contributed by atoms with Crippen molar-refractivity contribution < 1.29 is 38.3 Å². The van der Waals surface area contributed by atoms with Crippen molar-refractivity contribution in [2.45, 2.75) is 29.2 Å². The largest absolute Gasteiger partial charge is 0.490 e. The van der Waals surface area contributed by atoms with Gasteiger partial charge in [0.1, 0.15) is 37.9 Å². The van der Waals surface area contributed by atoms with Crippen molar-refractivity contribution in [1.29, 1.82) is 0 Å². The van der Waals surface area contributed by atoms with E-state index >= 15 is 0 Å². The second-order valence-electron chi connectivity index (χ2n) is 11.1. The van der Waals surface area contributed by atoms with Crippen LogP contribution in [0, 0.1) is 20.2 Å². The van der Waals surface area contributed by atoms with Crippen LogP contribution in [0.3, 0.4) is 0 Å². The number of nitro groups is 2. The van der Waals surface area contributed by atoms with Crippen molar-refractivity contribution in [3.63, 3.8) is 0 Å². The zero-order chi connectivity index (χ0) is 36.3. The van der Waals surface area contributed by atoms with Crippen LogP contribution in [0.25, 0.3) is 11.1 Å². The Morgan fingerprint density at radius 2 is 1.14 bits per heavy atom. The fourth-order valence-electron chi connectivity index (χ4n) is 4.46. The SMILES string of the molecule is C=C(C)C(=O)OC(C)(COc1ccc(SC)cc1)COc1ccc(-c2ccc(OCCOc3ccc(SC)cc3)c([N+](=O)[O-])c2)cc1[N+](=O)[O-]. The lowest BCUT2D eigenvalue weighted by Crippen LogP contribution is -2.43. The molecule has 1 atom stereocenters. The van der Waals surface area contributed by atoms with Gasteiger partial charge < -0.3 is 23.7 Å². The lowest BCUT2D eigenvalue weighted by molar-refractivity contribution is -0.386. The standard InChI is InChI=1S/C36H36N2O10S2/c1-24(2)35(39)48-36(3,22-46-28-10-14-30(50-5)15-11-28)23-47-34-17-7-26(21-32(34)38(42)43)25-6-16-33(31(20-25)37(40)41)45-19-18-44-27-8-12-29(49-4)13-9-27/h6-17,20-21H,1,18-19,22-23H2,2-5H3. The minimum atomic E-state index is -1.36. The summed E-state index contributed by atoms with van der Waals surface area (Å²) in [7, 11) is 0. The second-order valence-corrected chi connectivity index (χ2v) is 12.9. The molecule has 0 radical (unpaired) electrons. The maximum atomic E-state index is 12.5. The molecule has 0 aliphatic rings. The normalized spacial score (nSPS) is 11.9. The molecule has 0 N–H and O–H groups in total. The summed E-state index contributed by atoms with van der Waals surface area (Å²) >= 11 is 3.19. The molecular weight excluding hydrogens is 685 g/mol. The predicted molar refractivity (Wildman–Crippen MR) is 193 cm³/mol. The fourth-order valence-corrected chi connectivity index (χ4v) is 5.27. The number of benzene rings is 4. The highest BCUT2D eigenvalue weighted by Gasteiger charge is 2.33. The highest BCUT2D eigenvalue weighted by Crippen LogP contribution is 2.37. The summed E-state index contributed by atoms with van der Waals surface area (Å²) < 4.78 is 28.7. The molecule has 14 heteroatoms. The van der Waals surface area contributed by atoms with E-state index in [-0.39, 0.29) is 49.2 Å². The number of nitrogens with zero attached hydrogens (tertiary/aromatic N) is 2. The molecule has 0 fully saturated rings. The van der Waals surface area contributed by atoms with Crippen molar-refractivity contribution in [3.05, 3.63) is 117 Å². The van der Waals surface area contributed by atoms with Gasteiger partial charge in [-0.15, -0.1) is 23.5 Å². The summed E-state index contributed by atoms with van der Waals surface area (Å²) in [6.45, 7) is 6.51. The highest BCUT2D eigenvalue weighted by atomic mass is 32.2. The summed E-state index contributed by atoms with van der Waals surface area (Å²) in [4.78, 5) is 37.5. The first-order valence-corrected chi connectivity index (χ1v) is 17.6. The van der Waals surface area contributed by atoms with Crippen molar-refractivity contribution in [3.8, 4) is 34.1 Å². The Balaban J connectivity index is 1.48. The van der Waals surface area contributed by atoms with Crippen LogP contribution in [0.1, 0.15) is 13.8 Å². The summed E-state index contributed by atoms with van der Waals surface area (Å²) in [5.74, 6) is 0.433. The molecular formula is C36H36N2O10S2. The smallest absolute Gasteiger partial charge is 0.333 e.